The molecule has 9 heteroatoms. The zero-order valence-corrected chi connectivity index (χ0v) is 22.9. The number of imidazole rings is 1. The minimum absolute atomic E-state index is 0.0339. The number of halogens is 3. The lowest BCUT2D eigenvalue weighted by Crippen LogP contribution is -2.33. The quantitative estimate of drug-likeness (QED) is 0.224. The van der Waals surface area contributed by atoms with Gasteiger partial charge >= 0.3 is 5.97 Å². The summed E-state index contributed by atoms with van der Waals surface area (Å²) >= 11 is 6.12. The van der Waals surface area contributed by atoms with Crippen molar-refractivity contribution in [2.24, 2.45) is 5.92 Å². The number of rotatable bonds is 8. The fourth-order valence-corrected chi connectivity index (χ4v) is 5.59. The van der Waals surface area contributed by atoms with E-state index in [0.29, 0.717) is 34.2 Å². The summed E-state index contributed by atoms with van der Waals surface area (Å²) in [5.74, 6) is -2.19. The molecule has 4 aromatic rings. The zero-order chi connectivity index (χ0) is 28.2. The predicted octanol–water partition coefficient (Wildman–Crippen LogP) is 7.50. The number of hydrogen-bond donors (Lipinski definition) is 1. The van der Waals surface area contributed by atoms with Crippen molar-refractivity contribution in [2.75, 3.05) is 11.9 Å². The number of benzene rings is 3. The second kappa shape index (κ2) is 12.2. The first-order valence-corrected chi connectivity index (χ1v) is 13.9. The Bertz CT molecular complexity index is 1510. The van der Waals surface area contributed by atoms with Gasteiger partial charge in [0.1, 0.15) is 11.9 Å². The summed E-state index contributed by atoms with van der Waals surface area (Å²) < 4.78 is 35.6. The van der Waals surface area contributed by atoms with E-state index in [4.69, 9.17) is 16.3 Å². The molecule has 0 aliphatic heterocycles. The number of nitrogens with one attached hydrogen (secondary N) is 1. The molecule has 1 saturated carbocycles. The van der Waals surface area contributed by atoms with E-state index in [-0.39, 0.29) is 29.7 Å². The van der Waals surface area contributed by atoms with Crippen molar-refractivity contribution >= 4 is 40.2 Å². The molecule has 1 heterocycles. The van der Waals surface area contributed by atoms with Gasteiger partial charge in [-0.15, -0.1) is 0 Å². The molecular formula is C31H30ClF2N3O3. The molecule has 40 heavy (non-hydrogen) atoms. The smallest absolute Gasteiger partial charge is 0.310 e. The number of carbonyl (C=O) groups excluding carboxylic acids is 2. The van der Waals surface area contributed by atoms with E-state index in [1.807, 2.05) is 0 Å². The van der Waals surface area contributed by atoms with Gasteiger partial charge in [0.15, 0.2) is 11.6 Å². The van der Waals surface area contributed by atoms with Crippen molar-refractivity contribution in [1.29, 1.82) is 0 Å². The number of nitrogens with zero attached hydrogens (tertiary/aromatic N) is 2. The number of esters is 1. The first kappa shape index (κ1) is 27.8. The van der Waals surface area contributed by atoms with E-state index in [2.05, 4.69) is 10.3 Å². The normalized spacial score (nSPS) is 14.7. The third-order valence-electron chi connectivity index (χ3n) is 7.35. The predicted molar refractivity (Wildman–Crippen MR) is 151 cm³/mol. The van der Waals surface area contributed by atoms with Crippen molar-refractivity contribution in [3.63, 3.8) is 0 Å². The molecule has 1 atom stereocenters. The van der Waals surface area contributed by atoms with Crippen LogP contribution in [0.2, 0.25) is 5.02 Å². The lowest BCUT2D eigenvalue weighted by Gasteiger charge is -2.32. The van der Waals surface area contributed by atoms with Crippen LogP contribution in [0, 0.1) is 17.6 Å². The molecule has 0 saturated heterocycles. The Hall–Kier alpha value is -3.78. The van der Waals surface area contributed by atoms with Gasteiger partial charge < -0.3 is 14.6 Å². The van der Waals surface area contributed by atoms with Gasteiger partial charge in [-0.2, -0.15) is 0 Å². The molecule has 1 amide bonds. The van der Waals surface area contributed by atoms with Crippen LogP contribution >= 0.6 is 11.6 Å². The van der Waals surface area contributed by atoms with Crippen LogP contribution in [0.15, 0.2) is 60.7 Å². The summed E-state index contributed by atoms with van der Waals surface area (Å²) in [5.41, 5.74) is 2.62. The van der Waals surface area contributed by atoms with Gasteiger partial charge in [0.05, 0.1) is 24.1 Å². The highest BCUT2D eigenvalue weighted by Gasteiger charge is 2.35. The second-order valence-corrected chi connectivity index (χ2v) is 10.5. The Morgan fingerprint density at radius 3 is 2.38 bits per heavy atom. The summed E-state index contributed by atoms with van der Waals surface area (Å²) in [6, 6.07) is 15.5. The minimum Gasteiger partial charge on any atom is -0.466 e. The third kappa shape index (κ3) is 6.02. The number of aromatic nitrogens is 2. The molecule has 208 valence electrons. The molecule has 3 aromatic carbocycles. The van der Waals surface area contributed by atoms with Crippen molar-refractivity contribution in [1.82, 2.24) is 9.55 Å². The highest BCUT2D eigenvalue weighted by molar-refractivity contribution is 6.30. The molecule has 1 aromatic heterocycles. The summed E-state index contributed by atoms with van der Waals surface area (Å²) in [6.45, 7) is 2.07. The number of ether oxygens (including phenoxy) is 1. The molecule has 0 spiro atoms. The summed E-state index contributed by atoms with van der Waals surface area (Å²) in [4.78, 5) is 30.6. The van der Waals surface area contributed by atoms with Crippen LogP contribution in [0.25, 0.3) is 22.4 Å². The zero-order valence-electron chi connectivity index (χ0n) is 22.1. The van der Waals surface area contributed by atoms with Crippen molar-refractivity contribution in [3.05, 3.63) is 82.9 Å². The van der Waals surface area contributed by atoms with Crippen molar-refractivity contribution < 1.29 is 23.1 Å². The van der Waals surface area contributed by atoms with Crippen LogP contribution in [0.3, 0.4) is 0 Å². The lowest BCUT2D eigenvalue weighted by molar-refractivity contribution is -0.142. The fourth-order valence-electron chi connectivity index (χ4n) is 5.47. The van der Waals surface area contributed by atoms with Crippen molar-refractivity contribution in [3.8, 4) is 11.4 Å². The monoisotopic (exact) mass is 565 g/mol. The van der Waals surface area contributed by atoms with E-state index >= 15 is 0 Å². The molecule has 1 fully saturated rings. The third-order valence-corrected chi connectivity index (χ3v) is 7.60. The van der Waals surface area contributed by atoms with Gasteiger partial charge in [-0.3, -0.25) is 9.59 Å². The summed E-state index contributed by atoms with van der Waals surface area (Å²) in [5, 5.41) is 3.56. The highest BCUT2D eigenvalue weighted by Crippen LogP contribution is 2.39. The van der Waals surface area contributed by atoms with Gasteiger partial charge in [-0.05, 0) is 67.6 Å². The SMILES string of the molecule is CCOC(=O)Cc1ccc(NC(=O)C(C2CCCCC2)n2c(-c3ccc(Cl)cc3)nc3cc(F)c(F)cc32)cc1. The van der Waals surface area contributed by atoms with Crippen LogP contribution in [-0.4, -0.2) is 28.0 Å². The Labute approximate surface area is 236 Å². The van der Waals surface area contributed by atoms with Gasteiger partial charge in [0, 0.05) is 28.4 Å². The first-order valence-electron chi connectivity index (χ1n) is 13.5. The number of fused-ring (bicyclic) bond motifs is 1. The largest absolute Gasteiger partial charge is 0.466 e. The number of hydrogen-bond acceptors (Lipinski definition) is 4. The van der Waals surface area contributed by atoms with Gasteiger partial charge in [-0.25, -0.2) is 13.8 Å². The summed E-state index contributed by atoms with van der Waals surface area (Å²) in [6.07, 6.45) is 4.81. The van der Waals surface area contributed by atoms with Crippen LogP contribution in [0.5, 0.6) is 0 Å². The first-order chi connectivity index (χ1) is 19.3. The fraction of sp³-hybridized carbons (Fsp3) is 0.323. The lowest BCUT2D eigenvalue weighted by atomic mass is 9.83. The maximum atomic E-state index is 14.6. The topological polar surface area (TPSA) is 73.2 Å². The Kier molecular flexibility index (Phi) is 8.45. The van der Waals surface area contributed by atoms with Crippen molar-refractivity contribution in [2.45, 2.75) is 51.5 Å². The van der Waals surface area contributed by atoms with E-state index < -0.39 is 17.7 Å². The average molecular weight is 566 g/mol. The van der Waals surface area contributed by atoms with E-state index in [1.54, 1.807) is 60.0 Å². The Morgan fingerprint density at radius 1 is 1.02 bits per heavy atom. The van der Waals surface area contributed by atoms with Gasteiger partial charge in [-0.1, -0.05) is 43.0 Å². The molecule has 1 aliphatic rings. The standard InChI is InChI=1S/C31H30ClF2N3O3/c1-2-40-28(38)16-19-8-14-23(15-9-19)35-31(39)29(20-6-4-3-5-7-20)37-27-18-25(34)24(33)17-26(27)36-30(37)21-10-12-22(32)13-11-21/h8-15,17-18,20,29H,2-7,16H2,1H3,(H,35,39). The maximum Gasteiger partial charge on any atom is 0.310 e. The van der Waals surface area contributed by atoms with Crippen LogP contribution in [0.4, 0.5) is 14.5 Å². The van der Waals surface area contributed by atoms with Gasteiger partial charge in [0.25, 0.3) is 0 Å². The molecule has 1 unspecified atom stereocenters. The molecular weight excluding hydrogens is 536 g/mol. The molecule has 6 nitrogen and oxygen atoms in total. The van der Waals surface area contributed by atoms with Crippen LogP contribution < -0.4 is 5.32 Å². The summed E-state index contributed by atoms with van der Waals surface area (Å²) in [7, 11) is 0. The highest BCUT2D eigenvalue weighted by atomic mass is 35.5. The van der Waals surface area contributed by atoms with E-state index in [1.165, 1.54) is 0 Å². The molecule has 1 aliphatic carbocycles. The Morgan fingerprint density at radius 2 is 1.70 bits per heavy atom. The number of anilines is 1. The Balaban J connectivity index is 1.56. The van der Waals surface area contributed by atoms with E-state index in [0.717, 1.165) is 49.8 Å². The molecule has 0 bridgehead atoms. The second-order valence-electron chi connectivity index (χ2n) is 10.1. The molecule has 1 N–H and O–H groups in total. The van der Waals surface area contributed by atoms with Crippen LogP contribution in [-0.2, 0) is 20.7 Å². The van der Waals surface area contributed by atoms with Gasteiger partial charge in [0.2, 0.25) is 5.91 Å². The van der Waals surface area contributed by atoms with Crippen LogP contribution in [0.1, 0.15) is 50.6 Å². The number of carbonyl (C=O) groups is 2. The maximum absolute atomic E-state index is 14.6. The van der Waals surface area contributed by atoms with E-state index in [9.17, 15) is 18.4 Å². The molecule has 0 radical (unpaired) electrons. The average Bonchev–Trinajstić information content (AvgIpc) is 3.29. The number of amides is 1. The minimum atomic E-state index is -1.00. The molecule has 5 rings (SSSR count).